The van der Waals surface area contributed by atoms with Gasteiger partial charge in [-0.25, -0.2) is 0 Å². The molecule has 0 aliphatic rings. The first-order chi connectivity index (χ1) is 5.02. The van der Waals surface area contributed by atoms with E-state index >= 15 is 0 Å². The van der Waals surface area contributed by atoms with Crippen LogP contribution >= 0.6 is 0 Å². The lowest BCUT2D eigenvalue weighted by Crippen LogP contribution is -2.25. The Morgan fingerprint density at radius 3 is 2.55 bits per heavy atom. The van der Waals surface area contributed by atoms with E-state index in [1.54, 1.807) is 12.3 Å². The van der Waals surface area contributed by atoms with Crippen molar-refractivity contribution in [1.82, 2.24) is 4.90 Å². The quantitative estimate of drug-likeness (QED) is 0.565. The number of hydrogen-bond acceptors (Lipinski definition) is 3. The molecule has 64 valence electrons. The number of carbonyl (C=O) groups is 1. The molecular weight excluding hydrogens is 142 g/mol. The Bertz CT molecular complexity index is 154. The minimum Gasteiger partial charge on any atom is -0.384 e. The van der Waals surface area contributed by atoms with E-state index in [4.69, 9.17) is 11.5 Å². The van der Waals surface area contributed by atoms with Crippen molar-refractivity contribution in [1.29, 1.82) is 0 Å². The van der Waals surface area contributed by atoms with Crippen LogP contribution in [-0.4, -0.2) is 30.9 Å². The third kappa shape index (κ3) is 6.86. The maximum Gasteiger partial charge on any atom is 0.219 e. The van der Waals surface area contributed by atoms with Crippen LogP contribution < -0.4 is 11.5 Å². The van der Waals surface area contributed by atoms with Crippen LogP contribution in [0.2, 0.25) is 0 Å². The molecule has 0 bridgehead atoms. The van der Waals surface area contributed by atoms with Crippen molar-refractivity contribution < 1.29 is 4.79 Å². The molecule has 0 fully saturated rings. The van der Waals surface area contributed by atoms with Gasteiger partial charge in [-0.2, -0.15) is 0 Å². The van der Waals surface area contributed by atoms with Gasteiger partial charge in [0.15, 0.2) is 0 Å². The highest BCUT2D eigenvalue weighted by molar-refractivity contribution is 5.74. The average Bonchev–Trinajstić information content (AvgIpc) is 1.82. The SMILES string of the molecule is CN(C)/C=C/C(N)CC(N)=O. The third-order valence-corrected chi connectivity index (χ3v) is 1.07. The van der Waals surface area contributed by atoms with Gasteiger partial charge in [-0.3, -0.25) is 4.79 Å². The van der Waals surface area contributed by atoms with Crippen molar-refractivity contribution in [3.8, 4) is 0 Å². The lowest BCUT2D eigenvalue weighted by molar-refractivity contribution is -0.118. The number of amides is 1. The minimum atomic E-state index is -0.374. The Morgan fingerprint density at radius 2 is 2.18 bits per heavy atom. The molecule has 0 aliphatic heterocycles. The van der Waals surface area contributed by atoms with Crippen molar-refractivity contribution >= 4 is 5.91 Å². The Morgan fingerprint density at radius 1 is 1.64 bits per heavy atom. The highest BCUT2D eigenvalue weighted by Gasteiger charge is 2.00. The van der Waals surface area contributed by atoms with E-state index in [9.17, 15) is 4.79 Å². The van der Waals surface area contributed by atoms with E-state index < -0.39 is 0 Å². The predicted octanol–water partition coefficient (Wildman–Crippen LogP) is -0.736. The van der Waals surface area contributed by atoms with E-state index in [2.05, 4.69) is 0 Å². The second kappa shape index (κ2) is 4.73. The van der Waals surface area contributed by atoms with Crippen molar-refractivity contribution in [2.45, 2.75) is 12.5 Å². The summed E-state index contributed by atoms with van der Waals surface area (Å²) in [5.74, 6) is -0.374. The molecule has 4 N–H and O–H groups in total. The Hall–Kier alpha value is -1.03. The largest absolute Gasteiger partial charge is 0.384 e. The molecule has 0 aliphatic carbocycles. The predicted molar refractivity (Wildman–Crippen MR) is 44.6 cm³/mol. The number of carbonyl (C=O) groups excluding carboxylic acids is 1. The summed E-state index contributed by atoms with van der Waals surface area (Å²) < 4.78 is 0. The van der Waals surface area contributed by atoms with Crippen LogP contribution in [0.1, 0.15) is 6.42 Å². The number of nitrogens with zero attached hydrogens (tertiary/aromatic N) is 1. The molecule has 1 amide bonds. The molecule has 0 saturated carbocycles. The number of rotatable bonds is 4. The Labute approximate surface area is 66.8 Å². The van der Waals surface area contributed by atoms with Gasteiger partial charge in [0.2, 0.25) is 5.91 Å². The first kappa shape index (κ1) is 9.97. The summed E-state index contributed by atoms with van der Waals surface area (Å²) in [6, 6.07) is -0.269. The monoisotopic (exact) mass is 157 g/mol. The lowest BCUT2D eigenvalue weighted by Gasteiger charge is -2.06. The van der Waals surface area contributed by atoms with Crippen LogP contribution in [0, 0.1) is 0 Å². The summed E-state index contributed by atoms with van der Waals surface area (Å²) in [6.07, 6.45) is 3.74. The second-order valence-electron chi connectivity index (χ2n) is 2.64. The summed E-state index contributed by atoms with van der Waals surface area (Å²) in [6.45, 7) is 0. The summed E-state index contributed by atoms with van der Waals surface area (Å²) in [7, 11) is 3.76. The van der Waals surface area contributed by atoms with E-state index in [1.165, 1.54) is 0 Å². The van der Waals surface area contributed by atoms with Gasteiger partial charge in [-0.1, -0.05) is 6.08 Å². The molecule has 0 aromatic rings. The normalized spacial score (nSPS) is 13.4. The molecule has 0 aromatic heterocycles. The van der Waals surface area contributed by atoms with Gasteiger partial charge in [0, 0.05) is 26.6 Å². The highest BCUT2D eigenvalue weighted by atomic mass is 16.1. The highest BCUT2D eigenvalue weighted by Crippen LogP contribution is 1.89. The molecular formula is C7H15N3O. The zero-order chi connectivity index (χ0) is 8.85. The standard InChI is InChI=1S/C7H15N3O/c1-10(2)4-3-6(8)5-7(9)11/h3-4,6H,5,8H2,1-2H3,(H2,9,11)/b4-3+. The summed E-state index contributed by atoms with van der Waals surface area (Å²) in [5.41, 5.74) is 10.4. The van der Waals surface area contributed by atoms with Gasteiger partial charge in [0.05, 0.1) is 0 Å². The Kier molecular flexibility index (Phi) is 4.29. The number of primary amides is 1. The Balaban J connectivity index is 3.68. The fourth-order valence-corrected chi connectivity index (χ4v) is 0.583. The topological polar surface area (TPSA) is 72.3 Å². The van der Waals surface area contributed by atoms with Crippen LogP contribution in [0.15, 0.2) is 12.3 Å². The summed E-state index contributed by atoms with van der Waals surface area (Å²) in [4.78, 5) is 12.2. The van der Waals surface area contributed by atoms with Crippen LogP contribution in [-0.2, 0) is 4.79 Å². The summed E-state index contributed by atoms with van der Waals surface area (Å²) >= 11 is 0. The molecule has 0 heterocycles. The molecule has 1 unspecified atom stereocenters. The second-order valence-corrected chi connectivity index (χ2v) is 2.64. The van der Waals surface area contributed by atoms with Gasteiger partial charge in [0.1, 0.15) is 0 Å². The fourth-order valence-electron chi connectivity index (χ4n) is 0.583. The molecule has 11 heavy (non-hydrogen) atoms. The van der Waals surface area contributed by atoms with Gasteiger partial charge >= 0.3 is 0 Å². The third-order valence-electron chi connectivity index (χ3n) is 1.07. The van der Waals surface area contributed by atoms with Crippen molar-refractivity contribution in [3.63, 3.8) is 0 Å². The van der Waals surface area contributed by atoms with Crippen molar-refractivity contribution in [2.75, 3.05) is 14.1 Å². The van der Waals surface area contributed by atoms with Crippen molar-refractivity contribution in [2.24, 2.45) is 11.5 Å². The molecule has 0 rings (SSSR count). The molecule has 4 heteroatoms. The first-order valence-electron chi connectivity index (χ1n) is 3.41. The molecule has 0 spiro atoms. The van der Waals surface area contributed by atoms with Crippen LogP contribution in [0.25, 0.3) is 0 Å². The maximum absolute atomic E-state index is 10.3. The molecule has 0 radical (unpaired) electrons. The van der Waals surface area contributed by atoms with Gasteiger partial charge < -0.3 is 16.4 Å². The van der Waals surface area contributed by atoms with Gasteiger partial charge in [0.25, 0.3) is 0 Å². The lowest BCUT2D eigenvalue weighted by atomic mass is 10.2. The first-order valence-corrected chi connectivity index (χ1v) is 3.41. The maximum atomic E-state index is 10.3. The van der Waals surface area contributed by atoms with Crippen LogP contribution in [0.3, 0.4) is 0 Å². The molecule has 4 nitrogen and oxygen atoms in total. The zero-order valence-corrected chi connectivity index (χ0v) is 6.95. The molecule has 0 saturated heterocycles. The van der Waals surface area contributed by atoms with Gasteiger partial charge in [-0.15, -0.1) is 0 Å². The van der Waals surface area contributed by atoms with E-state index in [1.807, 2.05) is 19.0 Å². The van der Waals surface area contributed by atoms with Crippen LogP contribution in [0.4, 0.5) is 0 Å². The van der Waals surface area contributed by atoms with Crippen LogP contribution in [0.5, 0.6) is 0 Å². The summed E-state index contributed by atoms with van der Waals surface area (Å²) in [5, 5.41) is 0. The van der Waals surface area contributed by atoms with Crippen molar-refractivity contribution in [3.05, 3.63) is 12.3 Å². The average molecular weight is 157 g/mol. The van der Waals surface area contributed by atoms with E-state index in [-0.39, 0.29) is 18.4 Å². The van der Waals surface area contributed by atoms with E-state index in [0.717, 1.165) is 0 Å². The molecule has 1 atom stereocenters. The minimum absolute atomic E-state index is 0.199. The fraction of sp³-hybridized carbons (Fsp3) is 0.571. The smallest absolute Gasteiger partial charge is 0.219 e. The van der Waals surface area contributed by atoms with E-state index in [0.29, 0.717) is 0 Å². The number of nitrogens with two attached hydrogens (primary N) is 2. The molecule has 0 aromatic carbocycles. The number of hydrogen-bond donors (Lipinski definition) is 2. The van der Waals surface area contributed by atoms with Gasteiger partial charge in [-0.05, 0) is 6.20 Å². The zero-order valence-electron chi connectivity index (χ0n) is 6.95.